The summed E-state index contributed by atoms with van der Waals surface area (Å²) in [5, 5.41) is 3.96. The molecule has 0 amide bonds. The molecule has 0 aliphatic heterocycles. The molecule has 6 heteroatoms. The summed E-state index contributed by atoms with van der Waals surface area (Å²) >= 11 is 5.72. The van der Waals surface area contributed by atoms with E-state index in [1.54, 1.807) is 18.2 Å². The van der Waals surface area contributed by atoms with Crippen LogP contribution in [0, 0.1) is 0 Å². The predicted octanol–water partition coefficient (Wildman–Crippen LogP) is 4.44. The van der Waals surface area contributed by atoms with Crippen molar-refractivity contribution < 1.29 is 18.8 Å². The number of carbonyl (C=O) groups is 1. The SMILES string of the molecule is CCCOC(=O)c1cc(-c2cc(CCl)on2)ccc1OCCC. The van der Waals surface area contributed by atoms with Gasteiger partial charge in [-0.1, -0.05) is 19.0 Å². The molecule has 0 saturated carbocycles. The summed E-state index contributed by atoms with van der Waals surface area (Å²) in [6.45, 7) is 4.86. The maximum absolute atomic E-state index is 12.3. The van der Waals surface area contributed by atoms with E-state index >= 15 is 0 Å². The van der Waals surface area contributed by atoms with Gasteiger partial charge in [0.15, 0.2) is 5.76 Å². The van der Waals surface area contributed by atoms with Gasteiger partial charge in [0, 0.05) is 11.6 Å². The largest absolute Gasteiger partial charge is 0.493 e. The number of carbonyl (C=O) groups excluding carboxylic acids is 1. The molecule has 5 nitrogen and oxygen atoms in total. The Morgan fingerprint density at radius 1 is 1.22 bits per heavy atom. The van der Waals surface area contributed by atoms with Crippen LogP contribution in [-0.2, 0) is 10.6 Å². The zero-order chi connectivity index (χ0) is 16.7. The van der Waals surface area contributed by atoms with Crippen molar-refractivity contribution in [2.75, 3.05) is 13.2 Å². The van der Waals surface area contributed by atoms with E-state index in [1.807, 2.05) is 19.9 Å². The summed E-state index contributed by atoms with van der Waals surface area (Å²) in [7, 11) is 0. The summed E-state index contributed by atoms with van der Waals surface area (Å²) < 4.78 is 16.0. The molecule has 0 N–H and O–H groups in total. The average molecular weight is 338 g/mol. The molecule has 0 unspecified atom stereocenters. The van der Waals surface area contributed by atoms with Crippen LogP contribution in [0.1, 0.15) is 42.8 Å². The Balaban J connectivity index is 2.33. The van der Waals surface area contributed by atoms with Gasteiger partial charge < -0.3 is 14.0 Å². The Morgan fingerprint density at radius 2 is 2.00 bits per heavy atom. The molecular weight excluding hydrogens is 318 g/mol. The summed E-state index contributed by atoms with van der Waals surface area (Å²) in [5.74, 6) is 0.928. The van der Waals surface area contributed by atoms with E-state index in [4.69, 9.17) is 25.6 Å². The van der Waals surface area contributed by atoms with E-state index in [9.17, 15) is 4.79 Å². The van der Waals surface area contributed by atoms with Crippen LogP contribution in [0.3, 0.4) is 0 Å². The first-order valence-corrected chi connectivity index (χ1v) is 8.18. The molecule has 0 atom stereocenters. The second kappa shape index (κ2) is 8.58. The van der Waals surface area contributed by atoms with Gasteiger partial charge in [-0.3, -0.25) is 0 Å². The van der Waals surface area contributed by atoms with E-state index in [2.05, 4.69) is 5.16 Å². The second-order valence-corrected chi connectivity index (χ2v) is 5.27. The first-order valence-electron chi connectivity index (χ1n) is 7.65. The van der Waals surface area contributed by atoms with Gasteiger partial charge in [-0.05, 0) is 31.0 Å². The first kappa shape index (κ1) is 17.3. The zero-order valence-electron chi connectivity index (χ0n) is 13.3. The summed E-state index contributed by atoms with van der Waals surface area (Å²) in [4.78, 5) is 12.3. The normalized spacial score (nSPS) is 10.6. The number of esters is 1. The summed E-state index contributed by atoms with van der Waals surface area (Å²) in [6.07, 6.45) is 1.62. The van der Waals surface area contributed by atoms with Crippen molar-refractivity contribution >= 4 is 17.6 Å². The minimum Gasteiger partial charge on any atom is -0.493 e. The highest BCUT2D eigenvalue weighted by atomic mass is 35.5. The van der Waals surface area contributed by atoms with Crippen molar-refractivity contribution in [3.05, 3.63) is 35.6 Å². The lowest BCUT2D eigenvalue weighted by molar-refractivity contribution is 0.0500. The fourth-order valence-corrected chi connectivity index (χ4v) is 2.10. The van der Waals surface area contributed by atoms with Crippen molar-refractivity contribution in [1.29, 1.82) is 0 Å². The van der Waals surface area contributed by atoms with Crippen molar-refractivity contribution in [3.8, 4) is 17.0 Å². The molecular formula is C17H20ClNO4. The number of benzene rings is 1. The Hall–Kier alpha value is -2.01. The van der Waals surface area contributed by atoms with Crippen LogP contribution >= 0.6 is 11.6 Å². The molecule has 0 aliphatic carbocycles. The van der Waals surface area contributed by atoms with E-state index in [0.29, 0.717) is 36.0 Å². The zero-order valence-corrected chi connectivity index (χ0v) is 14.1. The number of hydrogen-bond donors (Lipinski definition) is 0. The number of rotatable bonds is 8. The number of nitrogens with zero attached hydrogens (tertiary/aromatic N) is 1. The van der Waals surface area contributed by atoms with Crippen molar-refractivity contribution in [1.82, 2.24) is 5.16 Å². The van der Waals surface area contributed by atoms with Crippen LogP contribution in [0.15, 0.2) is 28.8 Å². The summed E-state index contributed by atoms with van der Waals surface area (Å²) in [5.41, 5.74) is 1.75. The second-order valence-electron chi connectivity index (χ2n) is 5.01. The monoisotopic (exact) mass is 337 g/mol. The molecule has 0 aliphatic rings. The van der Waals surface area contributed by atoms with Gasteiger partial charge in [-0.25, -0.2) is 4.79 Å². The lowest BCUT2D eigenvalue weighted by Crippen LogP contribution is -2.09. The molecule has 0 radical (unpaired) electrons. The smallest absolute Gasteiger partial charge is 0.341 e. The quantitative estimate of drug-likeness (QED) is 0.526. The molecule has 0 bridgehead atoms. The summed E-state index contributed by atoms with van der Waals surface area (Å²) in [6, 6.07) is 7.04. The van der Waals surface area contributed by atoms with E-state index < -0.39 is 5.97 Å². The van der Waals surface area contributed by atoms with E-state index in [1.165, 1.54) is 0 Å². The highest BCUT2D eigenvalue weighted by Gasteiger charge is 2.17. The van der Waals surface area contributed by atoms with Crippen molar-refractivity contribution in [2.45, 2.75) is 32.6 Å². The third kappa shape index (κ3) is 4.48. The molecule has 1 aromatic heterocycles. The van der Waals surface area contributed by atoms with Gasteiger partial charge in [0.25, 0.3) is 0 Å². The highest BCUT2D eigenvalue weighted by Crippen LogP contribution is 2.28. The molecule has 0 fully saturated rings. The standard InChI is InChI=1S/C17H20ClNO4/c1-3-7-21-16-6-5-12(15-10-13(11-18)23-19-15)9-14(16)17(20)22-8-4-2/h5-6,9-10H,3-4,7-8,11H2,1-2H3. The highest BCUT2D eigenvalue weighted by molar-refractivity contribution is 6.16. The predicted molar refractivity (Wildman–Crippen MR) is 87.9 cm³/mol. The van der Waals surface area contributed by atoms with Gasteiger partial charge in [-0.15, -0.1) is 11.6 Å². The Kier molecular flexibility index (Phi) is 6.47. The van der Waals surface area contributed by atoms with E-state index in [0.717, 1.165) is 18.4 Å². The van der Waals surface area contributed by atoms with Crippen LogP contribution in [-0.4, -0.2) is 24.3 Å². The maximum Gasteiger partial charge on any atom is 0.341 e. The lowest BCUT2D eigenvalue weighted by atomic mass is 10.1. The van der Waals surface area contributed by atoms with Gasteiger partial charge in [0.05, 0.1) is 19.1 Å². The number of alkyl halides is 1. The van der Waals surface area contributed by atoms with Crippen LogP contribution in [0.5, 0.6) is 5.75 Å². The van der Waals surface area contributed by atoms with Crippen LogP contribution in [0.2, 0.25) is 0 Å². The third-order valence-electron chi connectivity index (χ3n) is 3.08. The molecule has 1 heterocycles. The lowest BCUT2D eigenvalue weighted by Gasteiger charge is -2.11. The Bertz CT molecular complexity index is 654. The Labute approximate surface area is 140 Å². The van der Waals surface area contributed by atoms with Crippen LogP contribution in [0.4, 0.5) is 0 Å². The molecule has 23 heavy (non-hydrogen) atoms. The molecule has 2 aromatic rings. The minimum absolute atomic E-state index is 0.246. The number of aromatic nitrogens is 1. The van der Waals surface area contributed by atoms with E-state index in [-0.39, 0.29) is 5.88 Å². The van der Waals surface area contributed by atoms with Crippen molar-refractivity contribution in [2.24, 2.45) is 0 Å². The average Bonchev–Trinajstić information content (AvgIpc) is 3.06. The number of hydrogen-bond acceptors (Lipinski definition) is 5. The van der Waals surface area contributed by atoms with Crippen LogP contribution < -0.4 is 4.74 Å². The molecule has 0 spiro atoms. The van der Waals surface area contributed by atoms with Gasteiger partial charge in [0.2, 0.25) is 0 Å². The fourth-order valence-electron chi connectivity index (χ4n) is 1.97. The first-order chi connectivity index (χ1) is 11.2. The molecule has 124 valence electrons. The van der Waals surface area contributed by atoms with Crippen LogP contribution in [0.25, 0.3) is 11.3 Å². The topological polar surface area (TPSA) is 61.6 Å². The number of halogens is 1. The maximum atomic E-state index is 12.3. The van der Waals surface area contributed by atoms with Gasteiger partial charge in [0.1, 0.15) is 17.0 Å². The van der Waals surface area contributed by atoms with Gasteiger partial charge in [-0.2, -0.15) is 0 Å². The minimum atomic E-state index is -0.402. The van der Waals surface area contributed by atoms with Crippen molar-refractivity contribution in [3.63, 3.8) is 0 Å². The van der Waals surface area contributed by atoms with Gasteiger partial charge >= 0.3 is 5.97 Å². The third-order valence-corrected chi connectivity index (χ3v) is 3.35. The Morgan fingerprint density at radius 3 is 2.65 bits per heavy atom. The fraction of sp³-hybridized carbons (Fsp3) is 0.412. The molecule has 0 saturated heterocycles. The molecule has 2 rings (SSSR count). The molecule has 1 aromatic carbocycles. The number of ether oxygens (including phenoxy) is 2.